The summed E-state index contributed by atoms with van der Waals surface area (Å²) in [6.07, 6.45) is 2.22. The standard InChI is InChI=1S/C11H14Br2N2OS/c1-15(7-3-2-4-14-6-7)11(16)8-5-9(12)17-10(8)13/h5,7,14H,2-4,6H2,1H3. The van der Waals surface area contributed by atoms with Gasteiger partial charge in [0, 0.05) is 19.6 Å². The van der Waals surface area contributed by atoms with Crippen molar-refractivity contribution in [3.63, 3.8) is 0 Å². The second kappa shape index (κ2) is 5.82. The minimum atomic E-state index is 0.0903. The smallest absolute Gasteiger partial charge is 0.255 e. The molecule has 0 saturated carbocycles. The molecule has 1 fully saturated rings. The summed E-state index contributed by atoms with van der Waals surface area (Å²) in [4.78, 5) is 14.2. The molecule has 1 aromatic rings. The summed E-state index contributed by atoms with van der Waals surface area (Å²) < 4.78 is 1.87. The number of carbonyl (C=O) groups is 1. The highest BCUT2D eigenvalue weighted by atomic mass is 79.9. The van der Waals surface area contributed by atoms with Gasteiger partial charge in [-0.1, -0.05) is 0 Å². The van der Waals surface area contributed by atoms with E-state index in [1.54, 1.807) is 0 Å². The molecule has 1 saturated heterocycles. The van der Waals surface area contributed by atoms with Crippen molar-refractivity contribution in [3.05, 3.63) is 19.2 Å². The van der Waals surface area contributed by atoms with Gasteiger partial charge in [-0.05, 0) is 57.3 Å². The zero-order valence-corrected chi connectivity index (χ0v) is 13.5. The molecule has 3 nitrogen and oxygen atoms in total. The molecule has 94 valence electrons. The van der Waals surface area contributed by atoms with Gasteiger partial charge in [0.15, 0.2) is 0 Å². The summed E-state index contributed by atoms with van der Waals surface area (Å²) in [5.74, 6) is 0.0903. The maximum absolute atomic E-state index is 12.3. The molecular formula is C11H14Br2N2OS. The summed E-state index contributed by atoms with van der Waals surface area (Å²) in [6.45, 7) is 1.96. The van der Waals surface area contributed by atoms with Gasteiger partial charge in [0.2, 0.25) is 0 Å². The molecule has 1 aliphatic rings. The van der Waals surface area contributed by atoms with E-state index in [1.165, 1.54) is 11.3 Å². The normalized spacial score (nSPS) is 20.3. The van der Waals surface area contributed by atoms with Crippen molar-refractivity contribution in [2.75, 3.05) is 20.1 Å². The molecule has 6 heteroatoms. The van der Waals surface area contributed by atoms with Crippen LogP contribution in [0, 0.1) is 0 Å². The predicted octanol–water partition coefficient (Wildman–Crippen LogP) is 3.10. The average molecular weight is 382 g/mol. The molecule has 0 radical (unpaired) electrons. The summed E-state index contributed by atoms with van der Waals surface area (Å²) >= 11 is 8.37. The SMILES string of the molecule is CN(C(=O)c1cc(Br)sc1Br)C1CCCNC1. The Morgan fingerprint density at radius 1 is 1.59 bits per heavy atom. The van der Waals surface area contributed by atoms with Crippen LogP contribution in [0.15, 0.2) is 13.6 Å². The first-order valence-corrected chi connectivity index (χ1v) is 7.92. The average Bonchev–Trinajstić information content (AvgIpc) is 2.68. The monoisotopic (exact) mass is 380 g/mol. The maximum Gasteiger partial charge on any atom is 0.255 e. The van der Waals surface area contributed by atoms with Gasteiger partial charge in [-0.2, -0.15) is 0 Å². The Bertz CT molecular complexity index is 416. The highest BCUT2D eigenvalue weighted by Crippen LogP contribution is 2.32. The van der Waals surface area contributed by atoms with Gasteiger partial charge in [0.05, 0.1) is 13.1 Å². The fourth-order valence-electron chi connectivity index (χ4n) is 2.01. The molecule has 1 aliphatic heterocycles. The van der Waals surface area contributed by atoms with Gasteiger partial charge >= 0.3 is 0 Å². The van der Waals surface area contributed by atoms with Gasteiger partial charge in [0.25, 0.3) is 5.91 Å². The van der Waals surface area contributed by atoms with E-state index >= 15 is 0 Å². The lowest BCUT2D eigenvalue weighted by Crippen LogP contribution is -2.46. The Morgan fingerprint density at radius 2 is 2.35 bits per heavy atom. The first kappa shape index (κ1) is 13.5. The van der Waals surface area contributed by atoms with Crippen LogP contribution in [0.4, 0.5) is 0 Å². The second-order valence-corrected chi connectivity index (χ2v) is 7.90. The van der Waals surface area contributed by atoms with E-state index < -0.39 is 0 Å². The maximum atomic E-state index is 12.3. The molecule has 1 aromatic heterocycles. The van der Waals surface area contributed by atoms with Crippen molar-refractivity contribution in [2.45, 2.75) is 18.9 Å². The van der Waals surface area contributed by atoms with E-state index in [1.807, 2.05) is 18.0 Å². The third-order valence-corrected chi connectivity index (χ3v) is 5.37. The van der Waals surface area contributed by atoms with Gasteiger partial charge < -0.3 is 10.2 Å². The van der Waals surface area contributed by atoms with Crippen LogP contribution in [-0.4, -0.2) is 37.0 Å². The number of hydrogen-bond donors (Lipinski definition) is 1. The summed E-state index contributed by atoms with van der Waals surface area (Å²) in [5.41, 5.74) is 0.745. The van der Waals surface area contributed by atoms with E-state index in [-0.39, 0.29) is 5.91 Å². The molecule has 0 spiro atoms. The lowest BCUT2D eigenvalue weighted by atomic mass is 10.1. The number of amides is 1. The Hall–Kier alpha value is 0.0900. The number of halogens is 2. The first-order valence-electron chi connectivity index (χ1n) is 5.52. The van der Waals surface area contributed by atoms with Crippen molar-refractivity contribution in [1.82, 2.24) is 10.2 Å². The molecule has 0 bridgehead atoms. The summed E-state index contributed by atoms with van der Waals surface area (Å²) in [6, 6.07) is 2.19. The van der Waals surface area contributed by atoms with Crippen molar-refractivity contribution in [3.8, 4) is 0 Å². The molecule has 2 rings (SSSR count). The Kier molecular flexibility index (Phi) is 4.63. The van der Waals surface area contributed by atoms with E-state index in [2.05, 4.69) is 37.2 Å². The Balaban J connectivity index is 2.11. The number of carbonyl (C=O) groups excluding carboxylic acids is 1. The molecular weight excluding hydrogens is 368 g/mol. The molecule has 0 aliphatic carbocycles. The molecule has 2 heterocycles. The van der Waals surface area contributed by atoms with Crippen molar-refractivity contribution < 1.29 is 4.79 Å². The predicted molar refractivity (Wildman–Crippen MR) is 77.7 cm³/mol. The zero-order valence-electron chi connectivity index (χ0n) is 9.50. The van der Waals surface area contributed by atoms with Crippen LogP contribution in [-0.2, 0) is 0 Å². The number of hydrogen-bond acceptors (Lipinski definition) is 3. The minimum absolute atomic E-state index is 0.0903. The highest BCUT2D eigenvalue weighted by molar-refractivity contribution is 9.12. The Labute approximate surface area is 122 Å². The van der Waals surface area contributed by atoms with Crippen LogP contribution < -0.4 is 5.32 Å². The van der Waals surface area contributed by atoms with E-state index in [0.717, 1.165) is 39.1 Å². The van der Waals surface area contributed by atoms with Crippen LogP contribution in [0.2, 0.25) is 0 Å². The van der Waals surface area contributed by atoms with E-state index in [4.69, 9.17) is 0 Å². The van der Waals surface area contributed by atoms with Crippen molar-refractivity contribution in [2.24, 2.45) is 0 Å². The zero-order chi connectivity index (χ0) is 12.4. The number of likely N-dealkylation sites (N-methyl/N-ethyl adjacent to an activating group) is 1. The van der Waals surface area contributed by atoms with Gasteiger partial charge in [-0.3, -0.25) is 4.79 Å². The van der Waals surface area contributed by atoms with Crippen LogP contribution in [0.3, 0.4) is 0 Å². The van der Waals surface area contributed by atoms with Gasteiger partial charge in [-0.15, -0.1) is 11.3 Å². The lowest BCUT2D eigenvalue weighted by Gasteiger charge is -2.31. The fraction of sp³-hybridized carbons (Fsp3) is 0.545. The molecule has 1 N–H and O–H groups in total. The van der Waals surface area contributed by atoms with E-state index in [0.29, 0.717) is 6.04 Å². The molecule has 1 unspecified atom stereocenters. The number of nitrogens with zero attached hydrogens (tertiary/aromatic N) is 1. The molecule has 1 amide bonds. The van der Waals surface area contributed by atoms with Crippen LogP contribution in [0.5, 0.6) is 0 Å². The number of rotatable bonds is 2. The second-order valence-electron chi connectivity index (χ2n) is 4.15. The fourth-order valence-corrected chi connectivity index (χ4v) is 4.78. The summed E-state index contributed by atoms with van der Waals surface area (Å²) in [5, 5.41) is 3.33. The lowest BCUT2D eigenvalue weighted by molar-refractivity contribution is 0.0708. The summed E-state index contributed by atoms with van der Waals surface area (Å²) in [7, 11) is 1.89. The molecule has 17 heavy (non-hydrogen) atoms. The minimum Gasteiger partial charge on any atom is -0.337 e. The van der Waals surface area contributed by atoms with Gasteiger partial charge in [-0.25, -0.2) is 0 Å². The third kappa shape index (κ3) is 3.10. The number of piperidine rings is 1. The van der Waals surface area contributed by atoms with Crippen molar-refractivity contribution >= 4 is 49.1 Å². The quantitative estimate of drug-likeness (QED) is 0.853. The number of thiophene rings is 1. The van der Waals surface area contributed by atoms with Crippen LogP contribution >= 0.6 is 43.2 Å². The van der Waals surface area contributed by atoms with Crippen LogP contribution in [0.25, 0.3) is 0 Å². The van der Waals surface area contributed by atoms with Crippen molar-refractivity contribution in [1.29, 1.82) is 0 Å². The largest absolute Gasteiger partial charge is 0.337 e. The topological polar surface area (TPSA) is 32.3 Å². The third-order valence-electron chi connectivity index (χ3n) is 3.03. The Morgan fingerprint density at radius 3 is 2.88 bits per heavy atom. The van der Waals surface area contributed by atoms with Gasteiger partial charge in [0.1, 0.15) is 0 Å². The highest BCUT2D eigenvalue weighted by Gasteiger charge is 2.25. The molecule has 0 aromatic carbocycles. The first-order chi connectivity index (χ1) is 8.09. The van der Waals surface area contributed by atoms with E-state index in [9.17, 15) is 4.79 Å². The molecule has 1 atom stereocenters. The number of nitrogens with one attached hydrogen (secondary N) is 1. The van der Waals surface area contributed by atoms with Crippen LogP contribution in [0.1, 0.15) is 23.2 Å².